The predicted molar refractivity (Wildman–Crippen MR) is 32.9 cm³/mol. The number of thiazole rings is 1. The van der Waals surface area contributed by atoms with Crippen molar-refractivity contribution in [3.63, 3.8) is 0 Å². The second kappa shape index (κ2) is 2.79. The van der Waals surface area contributed by atoms with Gasteiger partial charge in [-0.15, -0.1) is 11.3 Å². The SMILES string of the molecule is OCCc1cscn1. The minimum absolute atomic E-state index is 0.198. The van der Waals surface area contributed by atoms with E-state index in [1.54, 1.807) is 16.8 Å². The summed E-state index contributed by atoms with van der Waals surface area (Å²) in [6.07, 6.45) is 0.684. The molecule has 0 saturated carbocycles. The first-order chi connectivity index (χ1) is 3.93. The van der Waals surface area contributed by atoms with Gasteiger partial charge in [0.2, 0.25) is 0 Å². The molecule has 0 aliphatic rings. The third-order valence-corrected chi connectivity index (χ3v) is 1.49. The van der Waals surface area contributed by atoms with E-state index in [0.29, 0.717) is 6.42 Å². The van der Waals surface area contributed by atoms with Crippen LogP contribution in [-0.2, 0) is 6.42 Å². The lowest BCUT2D eigenvalue weighted by atomic mass is 10.4. The molecule has 1 rings (SSSR count). The Balaban J connectivity index is 2.50. The molecular weight excluding hydrogens is 122 g/mol. The van der Waals surface area contributed by atoms with Gasteiger partial charge in [0, 0.05) is 18.4 Å². The highest BCUT2D eigenvalue weighted by atomic mass is 32.1. The van der Waals surface area contributed by atoms with Gasteiger partial charge in [0.1, 0.15) is 0 Å². The predicted octanol–water partition coefficient (Wildman–Crippen LogP) is 0.678. The molecule has 3 heteroatoms. The van der Waals surface area contributed by atoms with Crippen molar-refractivity contribution < 1.29 is 5.11 Å². The molecular formula is C5H7NOS. The maximum atomic E-state index is 8.40. The fraction of sp³-hybridized carbons (Fsp3) is 0.400. The lowest BCUT2D eigenvalue weighted by molar-refractivity contribution is 0.298. The molecule has 2 nitrogen and oxygen atoms in total. The molecule has 0 aliphatic carbocycles. The molecule has 0 spiro atoms. The Morgan fingerprint density at radius 2 is 2.62 bits per heavy atom. The second-order valence-electron chi connectivity index (χ2n) is 1.45. The van der Waals surface area contributed by atoms with Crippen molar-refractivity contribution in [3.8, 4) is 0 Å². The second-order valence-corrected chi connectivity index (χ2v) is 2.17. The number of rotatable bonds is 2. The zero-order valence-electron chi connectivity index (χ0n) is 4.37. The molecule has 1 aromatic heterocycles. The Morgan fingerprint density at radius 1 is 1.75 bits per heavy atom. The van der Waals surface area contributed by atoms with Gasteiger partial charge in [-0.2, -0.15) is 0 Å². The summed E-state index contributed by atoms with van der Waals surface area (Å²) in [6, 6.07) is 0. The van der Waals surface area contributed by atoms with Crippen molar-refractivity contribution in [3.05, 3.63) is 16.6 Å². The van der Waals surface area contributed by atoms with E-state index in [1.165, 1.54) is 0 Å². The van der Waals surface area contributed by atoms with Gasteiger partial charge in [0.15, 0.2) is 0 Å². The molecule has 0 bridgehead atoms. The molecule has 0 atom stereocenters. The number of aliphatic hydroxyl groups excluding tert-OH is 1. The van der Waals surface area contributed by atoms with Gasteiger partial charge in [-0.05, 0) is 0 Å². The Labute approximate surface area is 51.8 Å². The first-order valence-electron chi connectivity index (χ1n) is 2.41. The van der Waals surface area contributed by atoms with Crippen LogP contribution in [-0.4, -0.2) is 16.7 Å². The van der Waals surface area contributed by atoms with Crippen LogP contribution in [0.5, 0.6) is 0 Å². The smallest absolute Gasteiger partial charge is 0.0794 e. The maximum Gasteiger partial charge on any atom is 0.0794 e. The van der Waals surface area contributed by atoms with Gasteiger partial charge in [-0.1, -0.05) is 0 Å². The molecule has 1 aromatic rings. The number of hydrogen-bond acceptors (Lipinski definition) is 3. The quantitative estimate of drug-likeness (QED) is 0.637. The highest BCUT2D eigenvalue weighted by Gasteiger charge is 1.89. The molecule has 0 fully saturated rings. The Bertz CT molecular complexity index is 138. The standard InChI is InChI=1S/C5H7NOS/c7-2-1-5-3-8-4-6-5/h3-4,7H,1-2H2. The number of aliphatic hydroxyl groups is 1. The van der Waals surface area contributed by atoms with Gasteiger partial charge in [-0.3, -0.25) is 0 Å². The fourth-order valence-corrected chi connectivity index (χ4v) is 1.07. The number of nitrogens with zero attached hydrogens (tertiary/aromatic N) is 1. The summed E-state index contributed by atoms with van der Waals surface area (Å²) in [4.78, 5) is 3.96. The van der Waals surface area contributed by atoms with E-state index in [1.807, 2.05) is 5.38 Å². The molecule has 0 aliphatic heterocycles. The van der Waals surface area contributed by atoms with Gasteiger partial charge in [-0.25, -0.2) is 4.98 Å². The van der Waals surface area contributed by atoms with Crippen LogP contribution in [0.4, 0.5) is 0 Å². The van der Waals surface area contributed by atoms with Crippen molar-refractivity contribution in [1.29, 1.82) is 0 Å². The van der Waals surface area contributed by atoms with Crippen molar-refractivity contribution in [2.24, 2.45) is 0 Å². The molecule has 1 N–H and O–H groups in total. The third kappa shape index (κ3) is 1.28. The summed E-state index contributed by atoms with van der Waals surface area (Å²) in [5, 5.41) is 10.3. The van der Waals surface area contributed by atoms with Crippen LogP contribution in [0.25, 0.3) is 0 Å². The minimum Gasteiger partial charge on any atom is -0.396 e. The molecule has 1 heterocycles. The van der Waals surface area contributed by atoms with Gasteiger partial charge in [0.05, 0.1) is 11.2 Å². The summed E-state index contributed by atoms with van der Waals surface area (Å²) in [5.41, 5.74) is 2.75. The van der Waals surface area contributed by atoms with Crippen LogP contribution in [0.1, 0.15) is 5.69 Å². The van der Waals surface area contributed by atoms with E-state index in [2.05, 4.69) is 4.98 Å². The third-order valence-electron chi connectivity index (χ3n) is 0.851. The van der Waals surface area contributed by atoms with E-state index in [9.17, 15) is 0 Å². The van der Waals surface area contributed by atoms with E-state index >= 15 is 0 Å². The molecule has 0 saturated heterocycles. The van der Waals surface area contributed by atoms with E-state index in [4.69, 9.17) is 5.11 Å². The Morgan fingerprint density at radius 3 is 3.12 bits per heavy atom. The normalized spacial score (nSPS) is 9.62. The highest BCUT2D eigenvalue weighted by Crippen LogP contribution is 1.99. The molecule has 0 aromatic carbocycles. The van der Waals surface area contributed by atoms with E-state index in [0.717, 1.165) is 5.69 Å². The lowest BCUT2D eigenvalue weighted by Gasteiger charge is -1.84. The van der Waals surface area contributed by atoms with Gasteiger partial charge >= 0.3 is 0 Å². The molecule has 0 amide bonds. The molecule has 0 unspecified atom stereocenters. The van der Waals surface area contributed by atoms with Gasteiger partial charge in [0.25, 0.3) is 0 Å². The maximum absolute atomic E-state index is 8.40. The summed E-state index contributed by atoms with van der Waals surface area (Å²) in [5.74, 6) is 0. The zero-order valence-corrected chi connectivity index (χ0v) is 5.19. The van der Waals surface area contributed by atoms with Crippen molar-refractivity contribution >= 4 is 11.3 Å². The van der Waals surface area contributed by atoms with Crippen LogP contribution in [0, 0.1) is 0 Å². The van der Waals surface area contributed by atoms with Crippen LogP contribution in [0.15, 0.2) is 10.9 Å². The van der Waals surface area contributed by atoms with Gasteiger partial charge < -0.3 is 5.11 Å². The lowest BCUT2D eigenvalue weighted by Crippen LogP contribution is -1.88. The van der Waals surface area contributed by atoms with Crippen LogP contribution in [0.3, 0.4) is 0 Å². The molecule has 0 radical (unpaired) electrons. The van der Waals surface area contributed by atoms with Crippen molar-refractivity contribution in [2.45, 2.75) is 6.42 Å². The van der Waals surface area contributed by atoms with Crippen molar-refractivity contribution in [2.75, 3.05) is 6.61 Å². The van der Waals surface area contributed by atoms with Crippen molar-refractivity contribution in [1.82, 2.24) is 4.98 Å². The van der Waals surface area contributed by atoms with E-state index < -0.39 is 0 Å². The average Bonchev–Trinajstić information content (AvgIpc) is 2.19. The highest BCUT2D eigenvalue weighted by molar-refractivity contribution is 7.07. The average molecular weight is 129 g/mol. The topological polar surface area (TPSA) is 33.1 Å². The van der Waals surface area contributed by atoms with Crippen LogP contribution in [0.2, 0.25) is 0 Å². The fourth-order valence-electron chi connectivity index (χ4n) is 0.476. The summed E-state index contributed by atoms with van der Waals surface area (Å²) in [7, 11) is 0. The largest absolute Gasteiger partial charge is 0.396 e. The Hall–Kier alpha value is -0.410. The number of hydrogen-bond donors (Lipinski definition) is 1. The monoisotopic (exact) mass is 129 g/mol. The van der Waals surface area contributed by atoms with Crippen LogP contribution < -0.4 is 0 Å². The summed E-state index contributed by atoms with van der Waals surface area (Å²) in [6.45, 7) is 0.198. The molecule has 44 valence electrons. The zero-order chi connectivity index (χ0) is 5.82. The first kappa shape index (κ1) is 5.72. The summed E-state index contributed by atoms with van der Waals surface area (Å²) >= 11 is 1.56. The summed E-state index contributed by atoms with van der Waals surface area (Å²) < 4.78 is 0. The Kier molecular flexibility index (Phi) is 2.00. The number of aromatic nitrogens is 1. The first-order valence-corrected chi connectivity index (χ1v) is 3.35. The van der Waals surface area contributed by atoms with Crippen LogP contribution >= 0.6 is 11.3 Å². The molecule has 8 heavy (non-hydrogen) atoms. The van der Waals surface area contributed by atoms with E-state index in [-0.39, 0.29) is 6.61 Å². The minimum atomic E-state index is 0.198.